The zero-order chi connectivity index (χ0) is 26.5. The second-order valence-electron chi connectivity index (χ2n) is 9.24. The minimum Gasteiger partial charge on any atom is -0.493 e. The topological polar surface area (TPSA) is 98.2 Å². The maximum atomic E-state index is 12.4. The van der Waals surface area contributed by atoms with Crippen LogP contribution in [0.4, 0.5) is 0 Å². The van der Waals surface area contributed by atoms with Crippen LogP contribution in [0.5, 0.6) is 17.2 Å². The predicted octanol–water partition coefficient (Wildman–Crippen LogP) is 5.18. The second-order valence-corrected chi connectivity index (χ2v) is 10.2. The molecule has 1 aliphatic rings. The minimum absolute atomic E-state index is 0.0577. The highest BCUT2D eigenvalue weighted by Crippen LogP contribution is 2.38. The standard InChI is InChI=1S/C28H32N2O6S/c1-17-26(28(33)30(2)3)37-27(29-17)20-8-11-23(24(15-20)34-4)36-13-5-12-35-21-9-10-22-18(14-21)6-7-19(22)16-25(31)32/h8-11,14-15,19H,5-7,12-13,16H2,1-4H3,(H,31,32)/t19-/m0/s1. The maximum absolute atomic E-state index is 12.4. The highest BCUT2D eigenvalue weighted by molar-refractivity contribution is 7.17. The van der Waals surface area contributed by atoms with Crippen LogP contribution in [0, 0.1) is 6.92 Å². The van der Waals surface area contributed by atoms with E-state index in [0.29, 0.717) is 41.7 Å². The fraction of sp³-hybridized carbons (Fsp3) is 0.393. The molecule has 0 bridgehead atoms. The molecule has 1 N–H and O–H groups in total. The Morgan fingerprint density at radius 1 is 1.11 bits per heavy atom. The Balaban J connectivity index is 1.30. The number of amides is 1. The summed E-state index contributed by atoms with van der Waals surface area (Å²) in [7, 11) is 5.05. The van der Waals surface area contributed by atoms with Crippen molar-refractivity contribution in [2.75, 3.05) is 34.4 Å². The SMILES string of the molecule is COc1cc(-c2nc(C)c(C(=O)N(C)C)s2)ccc1OCCCOc1ccc2c(c1)CC[C@H]2CC(=O)O. The fourth-order valence-electron chi connectivity index (χ4n) is 4.47. The molecule has 0 saturated carbocycles. The number of hydrogen-bond acceptors (Lipinski definition) is 7. The molecule has 1 amide bonds. The molecule has 0 unspecified atom stereocenters. The summed E-state index contributed by atoms with van der Waals surface area (Å²) in [6.45, 7) is 2.80. The summed E-state index contributed by atoms with van der Waals surface area (Å²) in [6.07, 6.45) is 2.62. The smallest absolute Gasteiger partial charge is 0.303 e. The molecule has 1 atom stereocenters. The van der Waals surface area contributed by atoms with E-state index in [9.17, 15) is 9.59 Å². The lowest BCUT2D eigenvalue weighted by Crippen LogP contribution is -2.21. The molecule has 0 radical (unpaired) electrons. The quantitative estimate of drug-likeness (QED) is 0.345. The monoisotopic (exact) mass is 524 g/mol. The number of ether oxygens (including phenoxy) is 3. The van der Waals surface area contributed by atoms with E-state index in [1.807, 2.05) is 43.3 Å². The first-order chi connectivity index (χ1) is 17.8. The van der Waals surface area contributed by atoms with Crippen LogP contribution < -0.4 is 14.2 Å². The van der Waals surface area contributed by atoms with Gasteiger partial charge in [-0.25, -0.2) is 4.98 Å². The third kappa shape index (κ3) is 6.22. The highest BCUT2D eigenvalue weighted by atomic mass is 32.1. The Bertz CT molecular complexity index is 1290. The Hall–Kier alpha value is -3.59. The molecule has 2 aromatic carbocycles. The molecule has 1 aliphatic carbocycles. The first kappa shape index (κ1) is 26.5. The number of nitrogens with zero attached hydrogens (tertiary/aromatic N) is 2. The molecular formula is C28H32N2O6S. The van der Waals surface area contributed by atoms with Crippen molar-refractivity contribution >= 4 is 23.2 Å². The number of aliphatic carboxylic acids is 1. The van der Waals surface area contributed by atoms with Crippen molar-refractivity contribution in [2.24, 2.45) is 0 Å². The van der Waals surface area contributed by atoms with Gasteiger partial charge in [0.05, 0.1) is 32.4 Å². The Morgan fingerprint density at radius 2 is 1.89 bits per heavy atom. The number of aryl methyl sites for hydroxylation is 2. The Morgan fingerprint density at radius 3 is 2.62 bits per heavy atom. The molecule has 0 saturated heterocycles. The summed E-state index contributed by atoms with van der Waals surface area (Å²) in [4.78, 5) is 30.2. The molecule has 4 rings (SSSR count). The number of fused-ring (bicyclic) bond motifs is 1. The molecule has 196 valence electrons. The number of thiazole rings is 1. The van der Waals surface area contributed by atoms with Crippen LogP contribution in [0.1, 0.15) is 51.7 Å². The van der Waals surface area contributed by atoms with Crippen LogP contribution in [-0.4, -0.2) is 61.3 Å². The number of hydrogen-bond donors (Lipinski definition) is 1. The zero-order valence-corrected chi connectivity index (χ0v) is 22.4. The van der Waals surface area contributed by atoms with Gasteiger partial charge in [0, 0.05) is 26.1 Å². The maximum Gasteiger partial charge on any atom is 0.303 e. The van der Waals surface area contributed by atoms with Crippen molar-refractivity contribution in [3.63, 3.8) is 0 Å². The molecular weight excluding hydrogens is 492 g/mol. The number of carboxylic acid groups (broad SMARTS) is 1. The average molecular weight is 525 g/mol. The molecule has 3 aromatic rings. The van der Waals surface area contributed by atoms with Gasteiger partial charge in [-0.2, -0.15) is 0 Å². The van der Waals surface area contributed by atoms with Crippen LogP contribution in [0.25, 0.3) is 10.6 Å². The summed E-state index contributed by atoms with van der Waals surface area (Å²) in [5.74, 6) is 1.31. The summed E-state index contributed by atoms with van der Waals surface area (Å²) < 4.78 is 17.4. The van der Waals surface area contributed by atoms with Gasteiger partial charge >= 0.3 is 5.97 Å². The van der Waals surface area contributed by atoms with Crippen LogP contribution >= 0.6 is 11.3 Å². The Labute approximate surface area is 220 Å². The lowest BCUT2D eigenvalue weighted by molar-refractivity contribution is -0.137. The number of rotatable bonds is 11. The van der Waals surface area contributed by atoms with Gasteiger partial charge in [0.15, 0.2) is 11.5 Å². The molecule has 0 fully saturated rings. The number of aromatic nitrogens is 1. The molecule has 0 spiro atoms. The third-order valence-corrected chi connectivity index (χ3v) is 7.55. The van der Waals surface area contributed by atoms with Crippen molar-refractivity contribution in [1.29, 1.82) is 0 Å². The molecule has 8 nitrogen and oxygen atoms in total. The lowest BCUT2D eigenvalue weighted by Gasteiger charge is -2.13. The van der Waals surface area contributed by atoms with E-state index in [1.54, 1.807) is 26.1 Å². The van der Waals surface area contributed by atoms with Crippen LogP contribution in [0.3, 0.4) is 0 Å². The molecule has 9 heteroatoms. The van der Waals surface area contributed by atoms with E-state index in [4.69, 9.17) is 19.3 Å². The second kappa shape index (κ2) is 11.6. The van der Waals surface area contributed by atoms with Gasteiger partial charge < -0.3 is 24.2 Å². The van der Waals surface area contributed by atoms with E-state index in [2.05, 4.69) is 4.98 Å². The van der Waals surface area contributed by atoms with Gasteiger partial charge in [-0.3, -0.25) is 9.59 Å². The van der Waals surface area contributed by atoms with Crippen LogP contribution in [0.2, 0.25) is 0 Å². The van der Waals surface area contributed by atoms with E-state index in [1.165, 1.54) is 16.9 Å². The van der Waals surface area contributed by atoms with Crippen molar-refractivity contribution in [2.45, 2.75) is 38.5 Å². The van der Waals surface area contributed by atoms with E-state index in [-0.39, 0.29) is 18.2 Å². The van der Waals surface area contributed by atoms with Crippen molar-refractivity contribution in [1.82, 2.24) is 9.88 Å². The van der Waals surface area contributed by atoms with Gasteiger partial charge in [-0.15, -0.1) is 11.3 Å². The number of carbonyl (C=O) groups is 2. The van der Waals surface area contributed by atoms with Gasteiger partial charge in [0.1, 0.15) is 15.6 Å². The van der Waals surface area contributed by atoms with Crippen molar-refractivity contribution in [3.8, 4) is 27.8 Å². The Kier molecular flexibility index (Phi) is 8.33. The summed E-state index contributed by atoms with van der Waals surface area (Å²) in [5, 5.41) is 9.84. The lowest BCUT2D eigenvalue weighted by atomic mass is 9.98. The minimum atomic E-state index is -0.756. The number of benzene rings is 2. The zero-order valence-electron chi connectivity index (χ0n) is 21.6. The van der Waals surface area contributed by atoms with E-state index >= 15 is 0 Å². The van der Waals surface area contributed by atoms with Gasteiger partial charge in [0.2, 0.25) is 0 Å². The first-order valence-corrected chi connectivity index (χ1v) is 13.1. The van der Waals surface area contributed by atoms with Gasteiger partial charge in [0.25, 0.3) is 5.91 Å². The van der Waals surface area contributed by atoms with Crippen molar-refractivity contribution < 1.29 is 28.9 Å². The van der Waals surface area contributed by atoms with Crippen LogP contribution in [-0.2, 0) is 11.2 Å². The summed E-state index contributed by atoms with van der Waals surface area (Å²) >= 11 is 1.36. The normalized spacial score (nSPS) is 14.2. The summed E-state index contributed by atoms with van der Waals surface area (Å²) in [5.41, 5.74) is 3.88. The van der Waals surface area contributed by atoms with E-state index < -0.39 is 5.97 Å². The first-order valence-electron chi connectivity index (χ1n) is 12.2. The predicted molar refractivity (Wildman–Crippen MR) is 142 cm³/mol. The number of carboxylic acids is 1. The molecule has 37 heavy (non-hydrogen) atoms. The number of carbonyl (C=O) groups excluding carboxylic acids is 1. The molecule has 1 heterocycles. The molecule has 0 aliphatic heterocycles. The average Bonchev–Trinajstić information content (AvgIpc) is 3.45. The van der Waals surface area contributed by atoms with Gasteiger partial charge in [-0.05, 0) is 67.1 Å². The highest BCUT2D eigenvalue weighted by Gasteiger charge is 2.25. The van der Waals surface area contributed by atoms with Gasteiger partial charge in [-0.1, -0.05) is 6.07 Å². The van der Waals surface area contributed by atoms with Crippen LogP contribution in [0.15, 0.2) is 36.4 Å². The van der Waals surface area contributed by atoms with Crippen molar-refractivity contribution in [3.05, 3.63) is 58.1 Å². The number of methoxy groups -OCH3 is 1. The third-order valence-electron chi connectivity index (χ3n) is 6.36. The summed E-state index contributed by atoms with van der Waals surface area (Å²) in [6, 6.07) is 11.6. The largest absolute Gasteiger partial charge is 0.493 e. The fourth-order valence-corrected chi connectivity index (χ4v) is 5.55. The molecule has 1 aromatic heterocycles. The van der Waals surface area contributed by atoms with E-state index in [0.717, 1.165) is 34.7 Å².